The highest BCUT2D eigenvalue weighted by atomic mass is 16.5. The fourth-order valence-electron chi connectivity index (χ4n) is 7.14. The molecule has 0 radical (unpaired) electrons. The van der Waals surface area contributed by atoms with Crippen LogP contribution >= 0.6 is 0 Å². The maximum absolute atomic E-state index is 11.5. The number of aromatic nitrogens is 8. The molecule has 0 bridgehead atoms. The first-order valence-electron chi connectivity index (χ1n) is 37.3. The topological polar surface area (TPSA) is 544 Å². The van der Waals surface area contributed by atoms with E-state index in [9.17, 15) is 43.2 Å². The van der Waals surface area contributed by atoms with E-state index in [1.807, 2.05) is 46.7 Å². The summed E-state index contributed by atoms with van der Waals surface area (Å²) in [5.74, 6) is 3.30. The number of hydrogen-bond donors (Lipinski definition) is 15. The number of aliphatic carboxylic acids is 1. The number of ether oxygens (including phenoxy) is 6. The minimum absolute atomic E-state index is 0.0158. The van der Waals surface area contributed by atoms with Crippen LogP contribution in [-0.4, -0.2) is 227 Å². The number of carboxylic acids is 1. The lowest BCUT2D eigenvalue weighted by Gasteiger charge is -2.12. The van der Waals surface area contributed by atoms with Crippen molar-refractivity contribution in [2.45, 2.75) is 116 Å². The Morgan fingerprint density at radius 1 is 0.393 bits per heavy atom. The number of pyridine rings is 6. The largest absolute Gasteiger partial charge is 0.493 e. The van der Waals surface area contributed by atoms with Gasteiger partial charge in [-0.2, -0.15) is 0 Å². The van der Waals surface area contributed by atoms with Crippen molar-refractivity contribution in [3.63, 3.8) is 0 Å². The third kappa shape index (κ3) is 49.4. The molecule has 2 atom stereocenters. The van der Waals surface area contributed by atoms with E-state index in [2.05, 4.69) is 77.1 Å². The second-order valence-corrected chi connectivity index (χ2v) is 27.2. The molecule has 0 aromatic carbocycles. The summed E-state index contributed by atoms with van der Waals surface area (Å²) in [6.45, 7) is 26.0. The molecule has 0 saturated carbocycles. The van der Waals surface area contributed by atoms with Gasteiger partial charge in [0.1, 0.15) is 114 Å². The molecule has 117 heavy (non-hydrogen) atoms. The molecular formula is C79H116N16O22. The van der Waals surface area contributed by atoms with Crippen LogP contribution in [0.15, 0.2) is 127 Å². The van der Waals surface area contributed by atoms with Gasteiger partial charge in [-0.25, -0.2) is 39.7 Å². The first kappa shape index (κ1) is 103. The van der Waals surface area contributed by atoms with Crippen LogP contribution in [0.2, 0.25) is 0 Å². The average molecular weight is 1640 g/mol. The number of aliphatic hydroxyl groups excluding tert-OH is 6. The molecule has 7 heterocycles. The molecule has 0 aliphatic rings. The molecule has 7 aromatic rings. The number of carbonyl (C=O) groups is 8. The summed E-state index contributed by atoms with van der Waals surface area (Å²) < 4.78 is 31.5. The highest BCUT2D eigenvalue weighted by Gasteiger charge is 2.16. The molecule has 7 aromatic heterocycles. The summed E-state index contributed by atoms with van der Waals surface area (Å²) >= 11 is 0. The molecule has 0 aliphatic heterocycles. The predicted octanol–water partition coefficient (Wildman–Crippen LogP) is 6.42. The second kappa shape index (κ2) is 58.8. The number of carboxylic acid groups (broad SMARTS) is 1. The Morgan fingerprint density at radius 2 is 0.718 bits per heavy atom. The van der Waals surface area contributed by atoms with Crippen LogP contribution < -0.4 is 71.1 Å². The molecule has 0 saturated heterocycles. The molecule has 38 nitrogen and oxygen atoms in total. The number of rotatable bonds is 36. The van der Waals surface area contributed by atoms with E-state index in [0.29, 0.717) is 89.1 Å². The highest BCUT2D eigenvalue weighted by Crippen LogP contribution is 2.21. The molecule has 0 spiro atoms. The fraction of sp³-hybridized carbons (Fsp3) is 0.468. The van der Waals surface area contributed by atoms with Crippen LogP contribution in [0, 0.1) is 41.4 Å². The van der Waals surface area contributed by atoms with E-state index >= 15 is 0 Å². The Bertz CT molecular complexity index is 4060. The number of likely N-dealkylation sites (N-methyl/N-ethyl adjacent to an activating group) is 1. The summed E-state index contributed by atoms with van der Waals surface area (Å²) in [6, 6.07) is 20.5. The summed E-state index contributed by atoms with van der Waals surface area (Å²) in [4.78, 5) is 134. The van der Waals surface area contributed by atoms with Crippen LogP contribution in [0.5, 0.6) is 34.6 Å². The maximum atomic E-state index is 11.5. The van der Waals surface area contributed by atoms with Crippen molar-refractivity contribution in [2.24, 2.45) is 41.4 Å². The van der Waals surface area contributed by atoms with E-state index in [-0.39, 0.29) is 140 Å². The predicted molar refractivity (Wildman–Crippen MR) is 439 cm³/mol. The van der Waals surface area contributed by atoms with Crippen LogP contribution in [0.25, 0.3) is 0 Å². The number of carbonyl (C=O) groups excluding carboxylic acids is 7. The SMILES string of the molecule is CC(C)C(=O)Nc1cc(=O)cc[nH]1.CC(C)C(=O)Nc1cc(OCC(=O)O)ccn1.CC(C)C(=O)Nc1cc(OCCCO)ccn1.CC(C)C(=O)Nc1cc(OCCN(C)C)ccn1.CC(C)C(=O)Nc1cc(OCCO)ccn1.CC(C)C(=O)Nc1cc(OC[C@H](O)CO)ccn1.CC(C)C(=O)Nc1cc(OC[C@H](O)CO)ncn1. The maximum Gasteiger partial charge on any atom is 0.341 e. The minimum Gasteiger partial charge on any atom is -0.493 e. The summed E-state index contributed by atoms with van der Waals surface area (Å²) in [6.07, 6.45) is 9.11. The lowest BCUT2D eigenvalue weighted by atomic mass is 10.2. The zero-order valence-electron chi connectivity index (χ0n) is 69.1. The third-order valence-electron chi connectivity index (χ3n) is 13.9. The van der Waals surface area contributed by atoms with Crippen LogP contribution in [0.3, 0.4) is 0 Å². The van der Waals surface area contributed by atoms with Gasteiger partial charge in [0.15, 0.2) is 12.0 Å². The Balaban J connectivity index is 0.000000684. The first-order chi connectivity index (χ1) is 55.4. The van der Waals surface area contributed by atoms with Gasteiger partial charge in [0, 0.05) is 147 Å². The summed E-state index contributed by atoms with van der Waals surface area (Å²) in [5.41, 5.74) is -0.127. The number of nitrogens with one attached hydrogen (secondary N) is 8. The van der Waals surface area contributed by atoms with Gasteiger partial charge in [0.2, 0.25) is 47.2 Å². The summed E-state index contributed by atoms with van der Waals surface area (Å²) in [5, 5.41) is 79.7. The molecule has 38 heteroatoms. The molecule has 644 valence electrons. The van der Waals surface area contributed by atoms with E-state index in [1.165, 1.54) is 55.2 Å². The van der Waals surface area contributed by atoms with Gasteiger partial charge >= 0.3 is 5.97 Å². The lowest BCUT2D eigenvalue weighted by molar-refractivity contribution is -0.139. The number of H-pyrrole nitrogens is 1. The molecule has 7 amide bonds. The minimum atomic E-state index is -1.06. The van der Waals surface area contributed by atoms with Gasteiger partial charge in [-0.1, -0.05) is 96.9 Å². The van der Waals surface area contributed by atoms with Crippen molar-refractivity contribution in [1.29, 1.82) is 0 Å². The Kier molecular flexibility index (Phi) is 51.8. The quantitative estimate of drug-likeness (QED) is 0.0188. The number of amides is 7. The number of hydrogen-bond acceptors (Lipinski definition) is 29. The molecule has 0 fully saturated rings. The van der Waals surface area contributed by atoms with Gasteiger partial charge in [-0.05, 0) is 44.4 Å². The van der Waals surface area contributed by atoms with Crippen molar-refractivity contribution >= 4 is 88.0 Å². The zero-order chi connectivity index (χ0) is 88.0. The van der Waals surface area contributed by atoms with Gasteiger partial charge in [0.05, 0.1) is 26.4 Å². The molecule has 0 unspecified atom stereocenters. The van der Waals surface area contributed by atoms with Crippen molar-refractivity contribution in [1.82, 2.24) is 44.8 Å². The highest BCUT2D eigenvalue weighted by molar-refractivity contribution is 5.94. The third-order valence-corrected chi connectivity index (χ3v) is 13.9. The number of nitrogens with zero attached hydrogens (tertiary/aromatic N) is 8. The van der Waals surface area contributed by atoms with Crippen LogP contribution in [-0.2, 0) is 38.4 Å². The Labute approximate surface area is 680 Å². The lowest BCUT2D eigenvalue weighted by Crippen LogP contribution is -2.22. The first-order valence-corrected chi connectivity index (χ1v) is 37.3. The number of aliphatic hydroxyl groups is 6. The zero-order valence-corrected chi connectivity index (χ0v) is 69.1. The average Bonchev–Trinajstić information content (AvgIpc) is 0.920. The van der Waals surface area contributed by atoms with E-state index in [1.54, 1.807) is 136 Å². The Hall–Kier alpha value is -11.9. The number of anilines is 7. The van der Waals surface area contributed by atoms with E-state index in [4.69, 9.17) is 64.2 Å². The summed E-state index contributed by atoms with van der Waals surface area (Å²) in [7, 11) is 3.98. The van der Waals surface area contributed by atoms with Gasteiger partial charge in [-0.3, -0.25) is 38.4 Å². The van der Waals surface area contributed by atoms with Crippen molar-refractivity contribution in [3.8, 4) is 34.6 Å². The standard InChI is InChI=1S/C13H21N3O2.C12H18N2O4.C12H18N2O3.C11H17N3O4.C11H14N2O4.C11H16N2O3.C9H12N2O2/c1-10(2)13(17)15-12-9-11(5-6-14-12)18-8-7-16(3)4;1-8(2)12(17)14-11-5-10(3-4-13-11)18-7-9(16)6-15;1-9(2)12(16)14-11-8-10(4-5-13-11)17-7-3-6-15;1-7(2)11(17)14-9-3-10(13-6-12-9)18-5-8(16)4-15;1-7(2)11(16)13-9-5-8(3-4-12-9)17-6-10(14)15;1-8(2)11(15)13-10-7-9(3-4-12-10)16-6-5-14;1-6(2)9(13)11-8-5-7(12)3-4-10-8/h5-6,9-10H,7-8H2,1-4H3,(H,14,15,17);3-5,8-9,15-16H,6-7H2,1-2H3,(H,13,14,17);4-5,8-9,15H,3,6-7H2,1-2H3,(H,13,14,16);3,6-8,15-16H,4-5H2,1-2H3,(H,12,13,14,17);3-5,7H,6H2,1-2H3,(H,14,15)(H,12,13,16);3-4,7-8,14H,5-6H2,1-2H3,(H,12,13,15);3-6H,1-2H3,(H2,10,11,12,13)/t;9-;;8-;;;/m.1.1.../s1. The molecule has 15 N–H and O–H groups in total. The van der Waals surface area contributed by atoms with E-state index < -0.39 is 24.8 Å². The Morgan fingerprint density at radius 3 is 1.04 bits per heavy atom. The normalized spacial score (nSPS) is 10.9. The van der Waals surface area contributed by atoms with Gasteiger partial charge in [-0.15, -0.1) is 0 Å². The smallest absolute Gasteiger partial charge is 0.341 e. The second-order valence-electron chi connectivity index (χ2n) is 27.2. The van der Waals surface area contributed by atoms with E-state index in [0.717, 1.165) is 6.54 Å². The van der Waals surface area contributed by atoms with Crippen LogP contribution in [0.1, 0.15) is 103 Å². The molecular weight excluding hydrogens is 1520 g/mol. The van der Waals surface area contributed by atoms with Crippen molar-refractivity contribution in [2.75, 3.05) is 124 Å². The fourth-order valence-corrected chi connectivity index (χ4v) is 7.14. The van der Waals surface area contributed by atoms with Crippen molar-refractivity contribution in [3.05, 3.63) is 133 Å². The number of aromatic amines is 1. The van der Waals surface area contributed by atoms with Crippen LogP contribution in [0.4, 0.5) is 40.7 Å². The monoisotopic (exact) mass is 1640 g/mol. The molecule has 0 aliphatic carbocycles. The van der Waals surface area contributed by atoms with Crippen molar-refractivity contribution < 1.29 is 103 Å². The van der Waals surface area contributed by atoms with Gasteiger partial charge < -0.3 is 111 Å². The van der Waals surface area contributed by atoms with Gasteiger partial charge in [0.25, 0.3) is 0 Å². The molecule has 7 rings (SSSR count).